The summed E-state index contributed by atoms with van der Waals surface area (Å²) in [6.07, 6.45) is 1.55. The summed E-state index contributed by atoms with van der Waals surface area (Å²) in [5.41, 5.74) is 3.83. The lowest BCUT2D eigenvalue weighted by Gasteiger charge is -2.12. The first-order valence-electron chi connectivity index (χ1n) is 11.5. The van der Waals surface area contributed by atoms with Crippen molar-refractivity contribution in [3.8, 4) is 5.69 Å². The largest absolute Gasteiger partial charge is 0.462 e. The second kappa shape index (κ2) is 10.5. The molecule has 0 saturated carbocycles. The number of ether oxygens (including phenoxy) is 1. The molecule has 1 fully saturated rings. The van der Waals surface area contributed by atoms with Gasteiger partial charge in [0.05, 0.1) is 12.2 Å². The van der Waals surface area contributed by atoms with Crippen molar-refractivity contribution >= 4 is 35.6 Å². The van der Waals surface area contributed by atoms with Crippen molar-refractivity contribution < 1.29 is 28.3 Å². The molecule has 1 aliphatic rings. The number of carbonyl (C=O) groups is 4. The number of imide groups is 1. The fraction of sp³-hybridized carbons (Fsp3) is 0.185. The lowest BCUT2D eigenvalue weighted by Crippen LogP contribution is -2.38. The number of rotatable bonds is 7. The number of aryl methyl sites for hydroxylation is 1. The summed E-state index contributed by atoms with van der Waals surface area (Å²) in [5, 5.41) is 5.04. The van der Waals surface area contributed by atoms with Crippen molar-refractivity contribution in [3.05, 3.63) is 88.6 Å². The number of hydrogen-bond donors (Lipinski definition) is 2. The number of benzene rings is 2. The van der Waals surface area contributed by atoms with E-state index in [9.17, 15) is 23.6 Å². The highest BCUT2D eigenvalue weighted by Gasteiger charge is 2.35. The summed E-state index contributed by atoms with van der Waals surface area (Å²) in [6.45, 7) is 5.24. The molecule has 1 saturated heterocycles. The SMILES string of the molecule is CCOC(=O)c1cccc(-n2c(C)cc(/C=C3\NC(=O)N(CC(=O)Nc4ccc(F)cc4)C3=O)c2C)c1. The molecular formula is C27H25FN4O5. The number of urea groups is 1. The van der Waals surface area contributed by atoms with Crippen molar-refractivity contribution in [2.45, 2.75) is 20.8 Å². The topological polar surface area (TPSA) is 110 Å². The second-order valence-corrected chi connectivity index (χ2v) is 8.37. The van der Waals surface area contributed by atoms with E-state index in [-0.39, 0.29) is 12.3 Å². The smallest absolute Gasteiger partial charge is 0.338 e. The van der Waals surface area contributed by atoms with Crippen LogP contribution < -0.4 is 10.6 Å². The third-order valence-corrected chi connectivity index (χ3v) is 5.78. The monoisotopic (exact) mass is 504 g/mol. The van der Waals surface area contributed by atoms with Crippen LogP contribution in [0.25, 0.3) is 11.8 Å². The maximum absolute atomic E-state index is 13.1. The van der Waals surface area contributed by atoms with E-state index in [1.54, 1.807) is 31.2 Å². The molecule has 1 aliphatic heterocycles. The number of anilines is 1. The Morgan fingerprint density at radius 3 is 2.51 bits per heavy atom. The summed E-state index contributed by atoms with van der Waals surface area (Å²) in [6, 6.07) is 13.3. The minimum Gasteiger partial charge on any atom is -0.462 e. The minimum absolute atomic E-state index is 0.0279. The lowest BCUT2D eigenvalue weighted by molar-refractivity contribution is -0.127. The Morgan fingerprint density at radius 2 is 1.81 bits per heavy atom. The van der Waals surface area contributed by atoms with E-state index in [0.29, 0.717) is 16.8 Å². The van der Waals surface area contributed by atoms with Crippen LogP contribution in [0.15, 0.2) is 60.3 Å². The molecule has 190 valence electrons. The fourth-order valence-electron chi connectivity index (χ4n) is 4.07. The summed E-state index contributed by atoms with van der Waals surface area (Å²) in [5.74, 6) is -2.12. The molecule has 10 heteroatoms. The van der Waals surface area contributed by atoms with Gasteiger partial charge in [-0.3, -0.25) is 9.59 Å². The van der Waals surface area contributed by atoms with E-state index < -0.39 is 36.2 Å². The normalized spacial score (nSPS) is 14.2. The standard InChI is InChI=1S/C27H25FN4O5/c1-4-37-26(35)18-6-5-7-22(13-18)32-16(2)12-19(17(32)3)14-23-25(34)31(27(36)30-23)15-24(33)29-21-10-8-20(28)9-11-21/h5-14H,4,15H2,1-3H3,(H,29,33)(H,30,36)/b23-14-. The summed E-state index contributed by atoms with van der Waals surface area (Å²) < 4.78 is 20.1. The van der Waals surface area contributed by atoms with Crippen LogP contribution in [0.5, 0.6) is 0 Å². The number of aromatic nitrogens is 1. The van der Waals surface area contributed by atoms with E-state index in [2.05, 4.69) is 10.6 Å². The molecule has 2 N–H and O–H groups in total. The number of amides is 4. The predicted molar refractivity (Wildman–Crippen MR) is 134 cm³/mol. The Balaban J connectivity index is 1.53. The minimum atomic E-state index is -0.721. The number of hydrogen-bond acceptors (Lipinski definition) is 5. The molecule has 0 bridgehead atoms. The zero-order chi connectivity index (χ0) is 26.7. The molecule has 0 radical (unpaired) electrons. The van der Waals surface area contributed by atoms with Gasteiger partial charge >= 0.3 is 12.0 Å². The molecule has 37 heavy (non-hydrogen) atoms. The van der Waals surface area contributed by atoms with Crippen LogP contribution in [0, 0.1) is 19.7 Å². The average Bonchev–Trinajstić information content (AvgIpc) is 3.29. The quantitative estimate of drug-likeness (QED) is 0.288. The highest BCUT2D eigenvalue weighted by molar-refractivity contribution is 6.16. The molecular weight excluding hydrogens is 479 g/mol. The van der Waals surface area contributed by atoms with Crippen LogP contribution in [0.3, 0.4) is 0 Å². The van der Waals surface area contributed by atoms with Gasteiger partial charge in [-0.1, -0.05) is 6.07 Å². The van der Waals surface area contributed by atoms with Gasteiger partial charge in [0.25, 0.3) is 5.91 Å². The maximum Gasteiger partial charge on any atom is 0.338 e. The van der Waals surface area contributed by atoms with Gasteiger partial charge in [0.2, 0.25) is 5.91 Å². The van der Waals surface area contributed by atoms with E-state index in [4.69, 9.17) is 4.74 Å². The molecule has 1 aromatic heterocycles. The van der Waals surface area contributed by atoms with Gasteiger partial charge < -0.3 is 19.9 Å². The highest BCUT2D eigenvalue weighted by atomic mass is 19.1. The molecule has 2 aromatic carbocycles. The van der Waals surface area contributed by atoms with Crippen molar-refractivity contribution in [2.24, 2.45) is 0 Å². The zero-order valence-corrected chi connectivity index (χ0v) is 20.5. The molecule has 2 heterocycles. The number of nitrogens with one attached hydrogen (secondary N) is 2. The Bertz CT molecular complexity index is 1430. The first-order valence-corrected chi connectivity index (χ1v) is 11.5. The van der Waals surface area contributed by atoms with Crippen LogP contribution >= 0.6 is 0 Å². The predicted octanol–water partition coefficient (Wildman–Crippen LogP) is 3.94. The van der Waals surface area contributed by atoms with E-state index >= 15 is 0 Å². The van der Waals surface area contributed by atoms with Crippen LogP contribution in [0.2, 0.25) is 0 Å². The van der Waals surface area contributed by atoms with Crippen molar-refractivity contribution in [2.75, 3.05) is 18.5 Å². The molecule has 0 spiro atoms. The molecule has 0 unspecified atom stereocenters. The zero-order valence-electron chi connectivity index (χ0n) is 20.5. The van der Waals surface area contributed by atoms with E-state index in [1.807, 2.05) is 30.5 Å². The van der Waals surface area contributed by atoms with Gasteiger partial charge in [0.15, 0.2) is 0 Å². The maximum atomic E-state index is 13.1. The highest BCUT2D eigenvalue weighted by Crippen LogP contribution is 2.25. The number of carbonyl (C=O) groups excluding carboxylic acids is 4. The van der Waals surface area contributed by atoms with Gasteiger partial charge in [0, 0.05) is 22.8 Å². The lowest BCUT2D eigenvalue weighted by atomic mass is 10.2. The molecule has 0 atom stereocenters. The Labute approximate surface area is 212 Å². The third-order valence-electron chi connectivity index (χ3n) is 5.78. The van der Waals surface area contributed by atoms with Gasteiger partial charge in [-0.25, -0.2) is 18.9 Å². The van der Waals surface area contributed by atoms with E-state index in [1.165, 1.54) is 24.3 Å². The van der Waals surface area contributed by atoms with Crippen LogP contribution in [-0.2, 0) is 14.3 Å². The van der Waals surface area contributed by atoms with Gasteiger partial charge in [0.1, 0.15) is 18.1 Å². The first kappa shape index (κ1) is 25.4. The summed E-state index contributed by atoms with van der Waals surface area (Å²) in [7, 11) is 0. The Hall–Kier alpha value is -4.73. The van der Waals surface area contributed by atoms with Gasteiger partial charge in [-0.15, -0.1) is 0 Å². The molecule has 9 nitrogen and oxygen atoms in total. The fourth-order valence-corrected chi connectivity index (χ4v) is 4.07. The number of nitrogens with zero attached hydrogens (tertiary/aromatic N) is 2. The number of esters is 1. The third kappa shape index (κ3) is 5.43. The van der Waals surface area contributed by atoms with Gasteiger partial charge in [-0.05, 0) is 80.9 Å². The molecule has 4 amide bonds. The molecule has 0 aliphatic carbocycles. The molecule has 4 rings (SSSR count). The first-order chi connectivity index (χ1) is 17.7. The van der Waals surface area contributed by atoms with Crippen molar-refractivity contribution in [1.82, 2.24) is 14.8 Å². The van der Waals surface area contributed by atoms with Gasteiger partial charge in [-0.2, -0.15) is 0 Å². The van der Waals surface area contributed by atoms with Crippen molar-refractivity contribution in [3.63, 3.8) is 0 Å². The summed E-state index contributed by atoms with van der Waals surface area (Å²) in [4.78, 5) is 50.6. The number of halogens is 1. The average molecular weight is 505 g/mol. The Kier molecular flexibility index (Phi) is 7.19. The molecule has 3 aromatic rings. The van der Waals surface area contributed by atoms with Crippen LogP contribution in [0.4, 0.5) is 14.9 Å². The Morgan fingerprint density at radius 1 is 1.08 bits per heavy atom. The summed E-state index contributed by atoms with van der Waals surface area (Å²) >= 11 is 0. The van der Waals surface area contributed by atoms with Crippen LogP contribution in [-0.4, -0.2) is 46.4 Å². The van der Waals surface area contributed by atoms with E-state index in [0.717, 1.165) is 22.0 Å². The van der Waals surface area contributed by atoms with Crippen LogP contribution in [0.1, 0.15) is 34.2 Å². The second-order valence-electron chi connectivity index (χ2n) is 8.37. The van der Waals surface area contributed by atoms with Crippen molar-refractivity contribution in [1.29, 1.82) is 0 Å².